The molecule has 3 heteroatoms. The molecule has 0 aromatic heterocycles. The van der Waals surface area contributed by atoms with Crippen LogP contribution >= 0.6 is 0 Å². The largest absolute Gasteiger partial charge is 0.355 e. The van der Waals surface area contributed by atoms with Crippen LogP contribution in [0.3, 0.4) is 0 Å². The van der Waals surface area contributed by atoms with E-state index in [1.54, 1.807) is 0 Å². The van der Waals surface area contributed by atoms with Gasteiger partial charge in [0.1, 0.15) is 0 Å². The van der Waals surface area contributed by atoms with Gasteiger partial charge < -0.3 is 10.6 Å². The Balaban J connectivity index is 1.63. The average molecular weight is 260 g/mol. The van der Waals surface area contributed by atoms with E-state index in [9.17, 15) is 4.79 Å². The average Bonchev–Trinajstić information content (AvgIpc) is 3.27. The number of benzene rings is 1. The molecule has 19 heavy (non-hydrogen) atoms. The zero-order valence-electron chi connectivity index (χ0n) is 11.7. The van der Waals surface area contributed by atoms with Crippen molar-refractivity contribution in [3.63, 3.8) is 0 Å². The first-order chi connectivity index (χ1) is 9.29. The van der Waals surface area contributed by atoms with Crippen molar-refractivity contribution in [2.45, 2.75) is 38.6 Å². The lowest BCUT2D eigenvalue weighted by molar-refractivity contribution is -0.122. The van der Waals surface area contributed by atoms with Crippen molar-refractivity contribution in [3.05, 3.63) is 35.9 Å². The second-order valence-corrected chi connectivity index (χ2v) is 5.31. The second-order valence-electron chi connectivity index (χ2n) is 5.31. The van der Waals surface area contributed by atoms with Crippen molar-refractivity contribution in [1.29, 1.82) is 0 Å². The molecular weight excluding hydrogens is 236 g/mol. The number of carbonyl (C=O) groups excluding carboxylic acids is 1. The van der Waals surface area contributed by atoms with Crippen LogP contribution in [0.1, 0.15) is 31.7 Å². The fraction of sp³-hybridized carbons (Fsp3) is 0.562. The maximum absolute atomic E-state index is 11.5. The van der Waals surface area contributed by atoms with Gasteiger partial charge in [0.25, 0.3) is 0 Å². The summed E-state index contributed by atoms with van der Waals surface area (Å²) in [5.74, 6) is 0.546. The molecule has 1 unspecified atom stereocenters. The smallest absolute Gasteiger partial charge is 0.223 e. The Morgan fingerprint density at radius 3 is 2.63 bits per heavy atom. The molecule has 1 saturated carbocycles. The Kier molecular flexibility index (Phi) is 5.40. The van der Waals surface area contributed by atoms with Crippen LogP contribution in [-0.2, 0) is 11.2 Å². The summed E-state index contributed by atoms with van der Waals surface area (Å²) in [6.07, 6.45) is 4.30. The zero-order valence-corrected chi connectivity index (χ0v) is 11.7. The fourth-order valence-electron chi connectivity index (χ4n) is 2.21. The van der Waals surface area contributed by atoms with Gasteiger partial charge in [-0.1, -0.05) is 37.3 Å². The molecule has 0 aliphatic heterocycles. The van der Waals surface area contributed by atoms with Gasteiger partial charge in [-0.2, -0.15) is 0 Å². The van der Waals surface area contributed by atoms with Gasteiger partial charge in [-0.3, -0.25) is 4.79 Å². The van der Waals surface area contributed by atoms with Crippen LogP contribution in [0.4, 0.5) is 0 Å². The van der Waals surface area contributed by atoms with Crippen LogP contribution in [-0.4, -0.2) is 25.0 Å². The molecule has 1 fully saturated rings. The molecule has 2 N–H and O–H groups in total. The number of hydrogen-bond donors (Lipinski definition) is 2. The molecule has 2 rings (SSSR count). The van der Waals surface area contributed by atoms with E-state index in [1.165, 1.54) is 5.56 Å². The lowest BCUT2D eigenvalue weighted by Gasteiger charge is -2.17. The normalized spacial score (nSPS) is 16.1. The van der Waals surface area contributed by atoms with Crippen LogP contribution in [0.15, 0.2) is 30.3 Å². The van der Waals surface area contributed by atoms with Gasteiger partial charge in [0.05, 0.1) is 0 Å². The van der Waals surface area contributed by atoms with Crippen LogP contribution < -0.4 is 10.6 Å². The first-order valence-corrected chi connectivity index (χ1v) is 7.34. The van der Waals surface area contributed by atoms with Gasteiger partial charge in [0, 0.05) is 25.0 Å². The Morgan fingerprint density at radius 2 is 2.00 bits per heavy atom. The van der Waals surface area contributed by atoms with E-state index in [0.717, 1.165) is 38.8 Å². The standard InChI is InChI=1S/C16H24N2O/c1-2-15(12-13-6-4-3-5-7-13)17-10-11-18-16(19)14-8-9-14/h3-7,14-15,17H,2,8-12H2,1H3,(H,18,19). The molecule has 0 radical (unpaired) electrons. The number of rotatable bonds is 8. The highest BCUT2D eigenvalue weighted by molar-refractivity contribution is 5.80. The van der Waals surface area contributed by atoms with Gasteiger partial charge in [0.2, 0.25) is 5.91 Å². The van der Waals surface area contributed by atoms with Crippen molar-refractivity contribution in [3.8, 4) is 0 Å². The van der Waals surface area contributed by atoms with Crippen molar-refractivity contribution in [1.82, 2.24) is 10.6 Å². The SMILES string of the molecule is CCC(Cc1ccccc1)NCCNC(=O)C1CC1. The monoisotopic (exact) mass is 260 g/mol. The molecule has 1 aliphatic carbocycles. The summed E-state index contributed by atoms with van der Waals surface area (Å²) in [5, 5.41) is 6.50. The van der Waals surface area contributed by atoms with Gasteiger partial charge in [-0.25, -0.2) is 0 Å². The molecule has 0 saturated heterocycles. The summed E-state index contributed by atoms with van der Waals surface area (Å²) in [5.41, 5.74) is 1.36. The summed E-state index contributed by atoms with van der Waals surface area (Å²) < 4.78 is 0. The van der Waals surface area contributed by atoms with Crippen LogP contribution in [0.5, 0.6) is 0 Å². The Morgan fingerprint density at radius 1 is 1.26 bits per heavy atom. The van der Waals surface area contributed by atoms with E-state index in [2.05, 4.69) is 41.8 Å². The molecule has 0 heterocycles. The van der Waals surface area contributed by atoms with Crippen molar-refractivity contribution in [2.75, 3.05) is 13.1 Å². The summed E-state index contributed by atoms with van der Waals surface area (Å²) in [6, 6.07) is 11.0. The molecule has 1 aliphatic rings. The minimum absolute atomic E-state index is 0.234. The van der Waals surface area contributed by atoms with E-state index < -0.39 is 0 Å². The van der Waals surface area contributed by atoms with Crippen molar-refractivity contribution >= 4 is 5.91 Å². The summed E-state index contributed by atoms with van der Waals surface area (Å²) in [7, 11) is 0. The highest BCUT2D eigenvalue weighted by Gasteiger charge is 2.28. The first-order valence-electron chi connectivity index (χ1n) is 7.34. The van der Waals surface area contributed by atoms with E-state index >= 15 is 0 Å². The van der Waals surface area contributed by atoms with E-state index in [1.807, 2.05) is 6.07 Å². The highest BCUT2D eigenvalue weighted by Crippen LogP contribution is 2.28. The molecule has 1 aromatic carbocycles. The quantitative estimate of drug-likeness (QED) is 0.703. The summed E-state index contributed by atoms with van der Waals surface area (Å²) in [6.45, 7) is 3.79. The number of nitrogens with one attached hydrogen (secondary N) is 2. The van der Waals surface area contributed by atoms with Crippen LogP contribution in [0, 0.1) is 5.92 Å². The molecule has 0 spiro atoms. The molecule has 3 nitrogen and oxygen atoms in total. The molecule has 1 amide bonds. The molecular formula is C16H24N2O. The second kappa shape index (κ2) is 7.29. The van der Waals surface area contributed by atoms with E-state index in [0.29, 0.717) is 12.0 Å². The highest BCUT2D eigenvalue weighted by atomic mass is 16.2. The molecule has 1 atom stereocenters. The van der Waals surface area contributed by atoms with Gasteiger partial charge in [0.15, 0.2) is 0 Å². The third-order valence-electron chi connectivity index (χ3n) is 3.62. The lowest BCUT2D eigenvalue weighted by atomic mass is 10.0. The molecule has 1 aromatic rings. The topological polar surface area (TPSA) is 41.1 Å². The number of hydrogen-bond acceptors (Lipinski definition) is 2. The minimum atomic E-state index is 0.234. The summed E-state index contributed by atoms with van der Waals surface area (Å²) >= 11 is 0. The third-order valence-corrected chi connectivity index (χ3v) is 3.62. The van der Waals surface area contributed by atoms with Gasteiger partial charge >= 0.3 is 0 Å². The lowest BCUT2D eigenvalue weighted by Crippen LogP contribution is -2.38. The number of carbonyl (C=O) groups is 1. The van der Waals surface area contributed by atoms with Crippen molar-refractivity contribution < 1.29 is 4.79 Å². The van der Waals surface area contributed by atoms with E-state index in [-0.39, 0.29) is 5.91 Å². The Labute approximate surface area is 115 Å². The molecule has 104 valence electrons. The van der Waals surface area contributed by atoms with Crippen LogP contribution in [0.2, 0.25) is 0 Å². The zero-order chi connectivity index (χ0) is 13.5. The summed E-state index contributed by atoms with van der Waals surface area (Å²) in [4.78, 5) is 11.5. The number of amides is 1. The molecule has 0 bridgehead atoms. The Bertz CT molecular complexity index is 387. The Hall–Kier alpha value is -1.35. The van der Waals surface area contributed by atoms with Gasteiger partial charge in [-0.15, -0.1) is 0 Å². The maximum atomic E-state index is 11.5. The fourth-order valence-corrected chi connectivity index (χ4v) is 2.21. The predicted molar refractivity (Wildman–Crippen MR) is 78.0 cm³/mol. The van der Waals surface area contributed by atoms with Crippen LogP contribution in [0.25, 0.3) is 0 Å². The van der Waals surface area contributed by atoms with Crippen molar-refractivity contribution in [2.24, 2.45) is 5.92 Å². The van der Waals surface area contributed by atoms with E-state index in [4.69, 9.17) is 0 Å². The predicted octanol–water partition coefficient (Wildman–Crippen LogP) is 2.12. The first kappa shape index (κ1) is 14.1. The van der Waals surface area contributed by atoms with Gasteiger partial charge in [-0.05, 0) is 31.2 Å². The minimum Gasteiger partial charge on any atom is -0.355 e. The maximum Gasteiger partial charge on any atom is 0.223 e. The third kappa shape index (κ3) is 5.03.